The maximum atomic E-state index is 10.0. The van der Waals surface area contributed by atoms with Crippen LogP contribution in [0, 0.1) is 0 Å². The number of unbranched alkanes of at least 4 members (excludes halogenated alkanes) is 1. The third-order valence-electron chi connectivity index (χ3n) is 1.46. The van der Waals surface area contributed by atoms with Crippen molar-refractivity contribution in [2.75, 3.05) is 27.7 Å². The van der Waals surface area contributed by atoms with Gasteiger partial charge >= 0.3 is 0 Å². The van der Waals surface area contributed by atoms with Crippen molar-refractivity contribution in [1.82, 2.24) is 0 Å². The maximum Gasteiger partial charge on any atom is 0.0780 e. The zero-order valence-electron chi connectivity index (χ0n) is 8.00. The molecule has 0 rings (SSSR count). The first kappa shape index (κ1) is 14.4. The SMILES string of the molecule is Br.C[N+](C)(C)CCCCC(=O)[O-]. The lowest BCUT2D eigenvalue weighted by Gasteiger charge is -2.23. The molecule has 74 valence electrons. The van der Waals surface area contributed by atoms with Crippen LogP contribution in [-0.4, -0.2) is 38.1 Å². The minimum Gasteiger partial charge on any atom is -0.550 e. The summed E-state index contributed by atoms with van der Waals surface area (Å²) >= 11 is 0. The average molecular weight is 240 g/mol. The smallest absolute Gasteiger partial charge is 0.0780 e. The first-order chi connectivity index (χ1) is 4.92. The van der Waals surface area contributed by atoms with E-state index >= 15 is 0 Å². The molecule has 0 heterocycles. The molecule has 12 heavy (non-hydrogen) atoms. The molecule has 0 atom stereocenters. The number of aliphatic carboxylic acids is 1. The standard InChI is InChI=1S/C8H17NO2.BrH/c1-9(2,3)7-5-4-6-8(10)11;/h4-7H2,1-3H3;1H. The fourth-order valence-electron chi connectivity index (χ4n) is 0.855. The summed E-state index contributed by atoms with van der Waals surface area (Å²) in [6.45, 7) is 1.02. The number of rotatable bonds is 5. The normalized spacial score (nSPS) is 10.6. The van der Waals surface area contributed by atoms with Crippen molar-refractivity contribution in [3.05, 3.63) is 0 Å². The van der Waals surface area contributed by atoms with Crippen LogP contribution >= 0.6 is 17.0 Å². The molecule has 0 saturated heterocycles. The van der Waals surface area contributed by atoms with Gasteiger partial charge in [-0.1, -0.05) is 0 Å². The second-order valence-corrected chi connectivity index (χ2v) is 3.84. The summed E-state index contributed by atoms with van der Waals surface area (Å²) in [4.78, 5) is 10.0. The fourth-order valence-corrected chi connectivity index (χ4v) is 0.855. The Morgan fingerprint density at radius 2 is 1.75 bits per heavy atom. The monoisotopic (exact) mass is 239 g/mol. The topological polar surface area (TPSA) is 40.1 Å². The molecule has 0 aromatic heterocycles. The van der Waals surface area contributed by atoms with Crippen LogP contribution in [0.2, 0.25) is 0 Å². The molecule has 0 spiro atoms. The van der Waals surface area contributed by atoms with Crippen molar-refractivity contribution in [2.24, 2.45) is 0 Å². The quantitative estimate of drug-likeness (QED) is 0.508. The van der Waals surface area contributed by atoms with E-state index in [4.69, 9.17) is 0 Å². The van der Waals surface area contributed by atoms with Gasteiger partial charge in [0.05, 0.1) is 27.7 Å². The van der Waals surface area contributed by atoms with Crippen LogP contribution < -0.4 is 5.11 Å². The molecule has 0 amide bonds. The summed E-state index contributed by atoms with van der Waals surface area (Å²) in [6.07, 6.45) is 1.88. The summed E-state index contributed by atoms with van der Waals surface area (Å²) < 4.78 is 0.896. The Hall–Kier alpha value is -0.0900. The zero-order chi connectivity index (χ0) is 8.91. The lowest BCUT2D eigenvalue weighted by Crippen LogP contribution is -2.35. The lowest BCUT2D eigenvalue weighted by atomic mass is 10.2. The van der Waals surface area contributed by atoms with E-state index in [1.807, 2.05) is 0 Å². The van der Waals surface area contributed by atoms with Crippen molar-refractivity contribution in [3.8, 4) is 0 Å². The second kappa shape index (κ2) is 6.43. The molecule has 4 heteroatoms. The molecule has 0 aromatic carbocycles. The molecule has 0 fully saturated rings. The molecule has 0 aliphatic carbocycles. The Bertz CT molecular complexity index is 132. The highest BCUT2D eigenvalue weighted by Gasteiger charge is 2.04. The molecule has 0 saturated carbocycles. The predicted octanol–water partition coefficient (Wildman–Crippen LogP) is 0.191. The number of nitrogens with zero attached hydrogens (tertiary/aromatic N) is 1. The van der Waals surface area contributed by atoms with E-state index in [0.717, 1.165) is 23.9 Å². The highest BCUT2D eigenvalue weighted by atomic mass is 79.9. The third-order valence-corrected chi connectivity index (χ3v) is 1.46. The van der Waals surface area contributed by atoms with Gasteiger partial charge in [-0.15, -0.1) is 17.0 Å². The number of carbonyl (C=O) groups is 1. The number of hydrogen-bond donors (Lipinski definition) is 0. The largest absolute Gasteiger partial charge is 0.550 e. The molecule has 0 aromatic rings. The van der Waals surface area contributed by atoms with E-state index in [-0.39, 0.29) is 23.4 Å². The van der Waals surface area contributed by atoms with E-state index in [0.29, 0.717) is 0 Å². The summed E-state index contributed by atoms with van der Waals surface area (Å²) in [5.41, 5.74) is 0. The number of carbonyl (C=O) groups excluding carboxylic acids is 1. The number of quaternary nitrogens is 1. The first-order valence-corrected chi connectivity index (χ1v) is 3.92. The Balaban J connectivity index is 0. The highest BCUT2D eigenvalue weighted by Crippen LogP contribution is 1.99. The average Bonchev–Trinajstić information content (AvgIpc) is 1.78. The van der Waals surface area contributed by atoms with Gasteiger partial charge in [0.1, 0.15) is 0 Å². The molecule has 0 unspecified atom stereocenters. The van der Waals surface area contributed by atoms with Gasteiger partial charge in [-0.2, -0.15) is 0 Å². The molecular weight excluding hydrogens is 222 g/mol. The van der Waals surface area contributed by atoms with Gasteiger partial charge in [-0.25, -0.2) is 0 Å². The van der Waals surface area contributed by atoms with Gasteiger partial charge < -0.3 is 14.4 Å². The first-order valence-electron chi connectivity index (χ1n) is 3.92. The van der Waals surface area contributed by atoms with Gasteiger partial charge in [-0.3, -0.25) is 0 Å². The van der Waals surface area contributed by atoms with Gasteiger partial charge in [0, 0.05) is 5.97 Å². The number of carboxylic acids is 1. The van der Waals surface area contributed by atoms with Crippen LogP contribution in [0.5, 0.6) is 0 Å². The maximum absolute atomic E-state index is 10.0. The van der Waals surface area contributed by atoms with E-state index in [2.05, 4.69) is 21.1 Å². The lowest BCUT2D eigenvalue weighted by molar-refractivity contribution is -0.870. The van der Waals surface area contributed by atoms with Gasteiger partial charge in [0.2, 0.25) is 0 Å². The minimum absolute atomic E-state index is 0. The van der Waals surface area contributed by atoms with Crippen molar-refractivity contribution in [1.29, 1.82) is 0 Å². The van der Waals surface area contributed by atoms with E-state index in [1.165, 1.54) is 0 Å². The van der Waals surface area contributed by atoms with Crippen molar-refractivity contribution < 1.29 is 14.4 Å². The van der Waals surface area contributed by atoms with Crippen LogP contribution in [-0.2, 0) is 4.79 Å². The molecule has 0 aliphatic heterocycles. The molecule has 0 radical (unpaired) electrons. The molecule has 3 nitrogen and oxygen atoms in total. The van der Waals surface area contributed by atoms with Gasteiger partial charge in [-0.05, 0) is 19.3 Å². The number of halogens is 1. The fraction of sp³-hybridized carbons (Fsp3) is 0.875. The summed E-state index contributed by atoms with van der Waals surface area (Å²) in [7, 11) is 6.29. The van der Waals surface area contributed by atoms with Gasteiger partial charge in [0.15, 0.2) is 0 Å². The van der Waals surface area contributed by atoms with E-state index < -0.39 is 5.97 Å². The number of carboxylic acid groups (broad SMARTS) is 1. The molecule has 0 bridgehead atoms. The van der Waals surface area contributed by atoms with Crippen LogP contribution in [0.25, 0.3) is 0 Å². The third kappa shape index (κ3) is 12.6. The summed E-state index contributed by atoms with van der Waals surface area (Å²) in [5.74, 6) is -0.939. The second-order valence-electron chi connectivity index (χ2n) is 3.84. The van der Waals surface area contributed by atoms with Crippen LogP contribution in [0.1, 0.15) is 19.3 Å². The highest BCUT2D eigenvalue weighted by molar-refractivity contribution is 8.93. The van der Waals surface area contributed by atoms with E-state index in [1.54, 1.807) is 0 Å². The zero-order valence-corrected chi connectivity index (χ0v) is 9.71. The molecule has 0 aliphatic rings. The van der Waals surface area contributed by atoms with Crippen LogP contribution in [0.4, 0.5) is 0 Å². The number of hydrogen-bond acceptors (Lipinski definition) is 2. The molecular formula is C8H18BrNO2. The van der Waals surface area contributed by atoms with Crippen molar-refractivity contribution in [2.45, 2.75) is 19.3 Å². The Morgan fingerprint density at radius 1 is 1.25 bits per heavy atom. The van der Waals surface area contributed by atoms with Crippen LogP contribution in [0.15, 0.2) is 0 Å². The van der Waals surface area contributed by atoms with Crippen molar-refractivity contribution in [3.63, 3.8) is 0 Å². The van der Waals surface area contributed by atoms with Crippen molar-refractivity contribution >= 4 is 23.0 Å². The Kier molecular flexibility index (Phi) is 7.73. The summed E-state index contributed by atoms with van der Waals surface area (Å²) in [5, 5.41) is 10.0. The minimum atomic E-state index is -0.939. The van der Waals surface area contributed by atoms with E-state index in [9.17, 15) is 9.90 Å². The molecule has 0 N–H and O–H groups in total. The van der Waals surface area contributed by atoms with Gasteiger partial charge in [0.25, 0.3) is 0 Å². The van der Waals surface area contributed by atoms with Crippen LogP contribution in [0.3, 0.4) is 0 Å². The summed E-state index contributed by atoms with van der Waals surface area (Å²) in [6, 6.07) is 0. The Labute approximate surface area is 84.7 Å². The Morgan fingerprint density at radius 3 is 2.08 bits per heavy atom. The predicted molar refractivity (Wildman–Crippen MR) is 52.1 cm³/mol.